The van der Waals surface area contributed by atoms with Gasteiger partial charge in [0, 0.05) is 21.3 Å². The van der Waals surface area contributed by atoms with Crippen LogP contribution in [-0.4, -0.2) is 15.9 Å². The summed E-state index contributed by atoms with van der Waals surface area (Å²) in [5.41, 5.74) is 4.23. The fourth-order valence-electron chi connectivity index (χ4n) is 2.68. The van der Waals surface area contributed by atoms with Crippen LogP contribution in [0.25, 0.3) is 11.3 Å². The van der Waals surface area contributed by atoms with E-state index < -0.39 is 0 Å². The third-order valence-corrected chi connectivity index (χ3v) is 5.46. The van der Waals surface area contributed by atoms with E-state index in [0.29, 0.717) is 22.3 Å². The Labute approximate surface area is 158 Å². The van der Waals surface area contributed by atoms with Crippen molar-refractivity contribution in [2.45, 2.75) is 25.7 Å². The van der Waals surface area contributed by atoms with Gasteiger partial charge in [-0.1, -0.05) is 28.1 Å². The van der Waals surface area contributed by atoms with E-state index in [0.717, 1.165) is 21.4 Å². The molecule has 0 bridgehead atoms. The summed E-state index contributed by atoms with van der Waals surface area (Å²) in [5.74, 6) is 0.428. The fourth-order valence-corrected chi connectivity index (χ4v) is 3.87. The highest BCUT2D eigenvalue weighted by atomic mass is 79.9. The van der Waals surface area contributed by atoms with Crippen molar-refractivity contribution in [3.05, 3.63) is 63.2 Å². The number of amides is 1. The van der Waals surface area contributed by atoms with Gasteiger partial charge in [-0.3, -0.25) is 15.1 Å². The minimum absolute atomic E-state index is 0.164. The van der Waals surface area contributed by atoms with Crippen LogP contribution in [0.5, 0.6) is 0 Å². The highest BCUT2D eigenvalue weighted by molar-refractivity contribution is 9.10. The first-order valence-electron chi connectivity index (χ1n) is 8.10. The number of nitrogens with one attached hydrogen (secondary N) is 1. The van der Waals surface area contributed by atoms with E-state index in [1.807, 2.05) is 48.7 Å². The van der Waals surface area contributed by atoms with Crippen molar-refractivity contribution in [3.63, 3.8) is 0 Å². The Kier molecular flexibility index (Phi) is 4.39. The molecule has 1 N–H and O–H groups in total. The number of carbonyl (C=O) groups excluding carboxylic acids is 1. The molecule has 0 unspecified atom stereocenters. The van der Waals surface area contributed by atoms with E-state index in [4.69, 9.17) is 0 Å². The lowest BCUT2D eigenvalue weighted by atomic mass is 10.1. The van der Waals surface area contributed by atoms with Crippen LogP contribution in [-0.2, 0) is 0 Å². The van der Waals surface area contributed by atoms with E-state index in [1.165, 1.54) is 24.2 Å². The van der Waals surface area contributed by atoms with Gasteiger partial charge in [0.1, 0.15) is 0 Å². The van der Waals surface area contributed by atoms with Gasteiger partial charge in [-0.15, -0.1) is 11.3 Å². The number of rotatable bonds is 4. The monoisotopic (exact) mass is 413 g/mol. The molecule has 0 aliphatic heterocycles. The van der Waals surface area contributed by atoms with Crippen LogP contribution in [0.1, 0.15) is 40.5 Å². The summed E-state index contributed by atoms with van der Waals surface area (Å²) < 4.78 is 1.00. The number of aromatic nitrogens is 2. The Morgan fingerprint density at radius 1 is 1.24 bits per heavy atom. The molecule has 2 aromatic heterocycles. The second-order valence-corrected chi connectivity index (χ2v) is 7.92. The number of thiazole rings is 1. The minimum Gasteiger partial charge on any atom is -0.298 e. The molecule has 4 rings (SSSR count). The van der Waals surface area contributed by atoms with Gasteiger partial charge in [0.05, 0.1) is 22.6 Å². The van der Waals surface area contributed by atoms with Crippen LogP contribution in [0, 0.1) is 6.92 Å². The van der Waals surface area contributed by atoms with Gasteiger partial charge in [-0.2, -0.15) is 0 Å². The lowest BCUT2D eigenvalue weighted by Gasteiger charge is -2.08. The van der Waals surface area contributed by atoms with Crippen molar-refractivity contribution >= 4 is 38.3 Å². The second kappa shape index (κ2) is 6.69. The molecule has 1 amide bonds. The normalized spacial score (nSPS) is 13.7. The maximum absolute atomic E-state index is 12.5. The molecule has 6 heteroatoms. The zero-order valence-electron chi connectivity index (χ0n) is 13.6. The summed E-state index contributed by atoms with van der Waals surface area (Å²) in [6, 6.07) is 11.7. The molecule has 1 aliphatic carbocycles. The van der Waals surface area contributed by atoms with Gasteiger partial charge in [0.2, 0.25) is 0 Å². The first-order valence-corrected chi connectivity index (χ1v) is 9.78. The molecule has 0 atom stereocenters. The SMILES string of the molecule is Cc1nc(-c2cccc(Br)c2)ccc1C(=O)Nc1nc(C2CC2)cs1. The van der Waals surface area contributed by atoms with Crippen molar-refractivity contribution in [2.75, 3.05) is 5.32 Å². The number of anilines is 1. The number of hydrogen-bond donors (Lipinski definition) is 1. The Balaban J connectivity index is 1.54. The number of aryl methyl sites for hydroxylation is 1. The zero-order valence-corrected chi connectivity index (χ0v) is 16.0. The number of halogens is 1. The molecule has 3 aromatic rings. The molecule has 0 spiro atoms. The largest absolute Gasteiger partial charge is 0.298 e. The average Bonchev–Trinajstić information content (AvgIpc) is 3.34. The van der Waals surface area contributed by atoms with E-state index in [9.17, 15) is 4.79 Å². The van der Waals surface area contributed by atoms with Crippen molar-refractivity contribution in [2.24, 2.45) is 0 Å². The highest BCUT2D eigenvalue weighted by Gasteiger charge is 2.26. The number of benzene rings is 1. The molecule has 126 valence electrons. The Morgan fingerprint density at radius 2 is 2.08 bits per heavy atom. The van der Waals surface area contributed by atoms with Gasteiger partial charge < -0.3 is 0 Å². The van der Waals surface area contributed by atoms with Crippen LogP contribution in [0.15, 0.2) is 46.3 Å². The Bertz CT molecular complexity index is 949. The molecule has 1 saturated carbocycles. The molecule has 4 nitrogen and oxygen atoms in total. The summed E-state index contributed by atoms with van der Waals surface area (Å²) in [7, 11) is 0. The molecule has 1 aliphatic rings. The maximum Gasteiger partial charge on any atom is 0.259 e. The molecule has 2 heterocycles. The van der Waals surface area contributed by atoms with Crippen LogP contribution < -0.4 is 5.32 Å². The lowest BCUT2D eigenvalue weighted by molar-refractivity contribution is 0.102. The molecular formula is C19H16BrN3OS. The van der Waals surface area contributed by atoms with E-state index in [-0.39, 0.29) is 5.91 Å². The summed E-state index contributed by atoms with van der Waals surface area (Å²) in [4.78, 5) is 21.6. The lowest BCUT2D eigenvalue weighted by Crippen LogP contribution is -2.14. The fraction of sp³-hybridized carbons (Fsp3) is 0.211. The molecule has 1 fully saturated rings. The van der Waals surface area contributed by atoms with Gasteiger partial charge in [-0.05, 0) is 44.0 Å². The number of pyridine rings is 1. The minimum atomic E-state index is -0.164. The van der Waals surface area contributed by atoms with E-state index in [1.54, 1.807) is 0 Å². The smallest absolute Gasteiger partial charge is 0.259 e. The van der Waals surface area contributed by atoms with E-state index in [2.05, 4.69) is 31.2 Å². The molecule has 1 aromatic carbocycles. The van der Waals surface area contributed by atoms with Crippen LogP contribution in [0.2, 0.25) is 0 Å². The second-order valence-electron chi connectivity index (χ2n) is 6.15. The van der Waals surface area contributed by atoms with Crippen LogP contribution in [0.3, 0.4) is 0 Å². The predicted octanol–water partition coefficient (Wildman–Crippen LogP) is 5.41. The number of hydrogen-bond acceptors (Lipinski definition) is 4. The summed E-state index contributed by atoms with van der Waals surface area (Å²) in [6.45, 7) is 1.86. The summed E-state index contributed by atoms with van der Waals surface area (Å²) in [5, 5.41) is 5.58. The van der Waals surface area contributed by atoms with Gasteiger partial charge in [0.15, 0.2) is 5.13 Å². The molecule has 0 saturated heterocycles. The molecular weight excluding hydrogens is 398 g/mol. The quantitative estimate of drug-likeness (QED) is 0.622. The molecule has 25 heavy (non-hydrogen) atoms. The van der Waals surface area contributed by atoms with Crippen molar-refractivity contribution in [1.82, 2.24) is 9.97 Å². The van der Waals surface area contributed by atoms with Gasteiger partial charge in [-0.25, -0.2) is 4.98 Å². The van der Waals surface area contributed by atoms with Crippen LogP contribution in [0.4, 0.5) is 5.13 Å². The Hall–Kier alpha value is -2.05. The first-order chi connectivity index (χ1) is 12.1. The van der Waals surface area contributed by atoms with Crippen molar-refractivity contribution < 1.29 is 4.79 Å². The third-order valence-electron chi connectivity index (χ3n) is 4.19. The highest BCUT2D eigenvalue weighted by Crippen LogP contribution is 2.40. The molecule has 0 radical (unpaired) electrons. The third kappa shape index (κ3) is 3.65. The summed E-state index contributed by atoms with van der Waals surface area (Å²) >= 11 is 4.95. The number of carbonyl (C=O) groups is 1. The van der Waals surface area contributed by atoms with E-state index >= 15 is 0 Å². The number of nitrogens with zero attached hydrogens (tertiary/aromatic N) is 2. The van der Waals surface area contributed by atoms with Crippen molar-refractivity contribution in [1.29, 1.82) is 0 Å². The zero-order chi connectivity index (χ0) is 17.4. The Morgan fingerprint density at radius 3 is 2.80 bits per heavy atom. The summed E-state index contributed by atoms with van der Waals surface area (Å²) in [6.07, 6.45) is 2.41. The first kappa shape index (κ1) is 16.4. The van der Waals surface area contributed by atoms with Crippen LogP contribution >= 0.6 is 27.3 Å². The average molecular weight is 414 g/mol. The standard InChI is InChI=1S/C19H16BrN3OS/c1-11-15(7-8-16(21-11)13-3-2-4-14(20)9-13)18(24)23-19-22-17(10-25-19)12-5-6-12/h2-4,7-10,12H,5-6H2,1H3,(H,22,23,24). The topological polar surface area (TPSA) is 54.9 Å². The van der Waals surface area contributed by atoms with Gasteiger partial charge >= 0.3 is 0 Å². The van der Waals surface area contributed by atoms with Crippen molar-refractivity contribution in [3.8, 4) is 11.3 Å². The maximum atomic E-state index is 12.5. The predicted molar refractivity (Wildman–Crippen MR) is 104 cm³/mol. The van der Waals surface area contributed by atoms with Gasteiger partial charge in [0.25, 0.3) is 5.91 Å².